The van der Waals surface area contributed by atoms with E-state index in [1.54, 1.807) is 0 Å². The molecule has 0 aromatic carbocycles. The van der Waals surface area contributed by atoms with Crippen LogP contribution in [0.3, 0.4) is 0 Å². The molecule has 0 amide bonds. The number of hydrogen-bond donors (Lipinski definition) is 5. The summed E-state index contributed by atoms with van der Waals surface area (Å²) in [6.07, 6.45) is 1.38. The molecule has 0 saturated heterocycles. The van der Waals surface area contributed by atoms with Gasteiger partial charge in [0, 0.05) is 18.4 Å². The lowest BCUT2D eigenvalue weighted by molar-refractivity contribution is -0.162. The number of carbonyl (C=O) groups is 6. The predicted octanol–water partition coefficient (Wildman–Crippen LogP) is 2.47. The van der Waals surface area contributed by atoms with Gasteiger partial charge in [-0.05, 0) is 12.8 Å². The Morgan fingerprint density at radius 1 is 0.465 bits per heavy atom. The molecule has 0 spiro atoms. The van der Waals surface area contributed by atoms with Crippen LogP contribution in [0.1, 0.15) is 46.5 Å². The molecule has 0 atom stereocenters. The Hall–Kier alpha value is -1.43. The molecule has 12 nitrogen and oxygen atoms in total. The maximum Gasteiger partial charge on any atom is 0.315 e. The van der Waals surface area contributed by atoms with Crippen LogP contribution in [0.4, 0.5) is 0 Å². The average molecular weight is 709 g/mol. The Morgan fingerprint density at radius 3 is 0.930 bits per heavy atom. The van der Waals surface area contributed by atoms with E-state index >= 15 is 0 Å². The lowest BCUT2D eigenvalue weighted by atomic mass is 9.88. The highest BCUT2D eigenvalue weighted by molar-refractivity contribution is 7.81. The molecule has 250 valence electrons. The van der Waals surface area contributed by atoms with Gasteiger partial charge in [0.1, 0.15) is 39.6 Å². The number of thiol groups is 5. The molecule has 0 aromatic rings. The predicted molar refractivity (Wildman–Crippen MR) is 175 cm³/mol. The molecule has 0 fully saturated rings. The van der Waals surface area contributed by atoms with Crippen LogP contribution in [0.25, 0.3) is 0 Å². The summed E-state index contributed by atoms with van der Waals surface area (Å²) in [5.41, 5.74) is -1.54. The van der Waals surface area contributed by atoms with Gasteiger partial charge >= 0.3 is 35.8 Å². The second-order valence-electron chi connectivity index (χ2n) is 9.21. The van der Waals surface area contributed by atoms with Crippen LogP contribution in [0, 0.1) is 10.8 Å². The van der Waals surface area contributed by atoms with Crippen molar-refractivity contribution in [1.82, 2.24) is 0 Å². The first kappa shape index (κ1) is 43.7. The lowest BCUT2D eigenvalue weighted by Crippen LogP contribution is -2.39. The topological polar surface area (TPSA) is 158 Å². The van der Waals surface area contributed by atoms with E-state index in [0.717, 1.165) is 0 Å². The second kappa shape index (κ2) is 25.9. The van der Waals surface area contributed by atoms with Crippen molar-refractivity contribution in [3.63, 3.8) is 0 Å². The van der Waals surface area contributed by atoms with Crippen LogP contribution in [0.5, 0.6) is 0 Å². The molecule has 0 aliphatic heterocycles. The van der Waals surface area contributed by atoms with E-state index < -0.39 is 46.6 Å². The molecule has 0 unspecified atom stereocenters. The van der Waals surface area contributed by atoms with E-state index in [-0.39, 0.29) is 69.7 Å². The summed E-state index contributed by atoms with van der Waals surface area (Å²) in [7, 11) is 0. The Bertz CT molecular complexity index is 799. The van der Waals surface area contributed by atoms with Gasteiger partial charge in [0.15, 0.2) is 0 Å². The van der Waals surface area contributed by atoms with Gasteiger partial charge in [0.25, 0.3) is 0 Å². The molecule has 0 N–H and O–H groups in total. The van der Waals surface area contributed by atoms with Crippen molar-refractivity contribution in [2.45, 2.75) is 46.5 Å². The summed E-state index contributed by atoms with van der Waals surface area (Å²) in [5, 5.41) is 0. The minimum absolute atomic E-state index is 0.0115. The minimum atomic E-state index is -0.796. The van der Waals surface area contributed by atoms with Crippen molar-refractivity contribution >= 4 is 99.0 Å². The largest absolute Gasteiger partial charge is 0.465 e. The monoisotopic (exact) mass is 708 g/mol. The van der Waals surface area contributed by atoms with Crippen molar-refractivity contribution in [2.24, 2.45) is 10.8 Å². The van der Waals surface area contributed by atoms with Crippen LogP contribution in [0.15, 0.2) is 0 Å². The number of rotatable bonds is 21. The lowest BCUT2D eigenvalue weighted by Gasteiger charge is -2.30. The second-order valence-corrected chi connectivity index (χ2v) is 11.1. The van der Waals surface area contributed by atoms with E-state index in [1.807, 2.05) is 13.8 Å². The molecule has 0 saturated carbocycles. The third kappa shape index (κ3) is 21.8. The van der Waals surface area contributed by atoms with Crippen LogP contribution in [-0.2, 0) is 57.2 Å². The molecule has 0 aliphatic carbocycles. The zero-order valence-corrected chi connectivity index (χ0v) is 29.2. The Kier molecular flexibility index (Phi) is 26.3. The molecule has 0 aromatic heterocycles. The van der Waals surface area contributed by atoms with Gasteiger partial charge in [-0.2, -0.15) is 63.1 Å². The smallest absolute Gasteiger partial charge is 0.315 e. The van der Waals surface area contributed by atoms with Crippen molar-refractivity contribution < 1.29 is 57.2 Å². The first-order valence-corrected chi connectivity index (χ1v) is 16.4. The van der Waals surface area contributed by atoms with Gasteiger partial charge in [0.05, 0.1) is 40.9 Å². The number of esters is 6. The summed E-state index contributed by atoms with van der Waals surface area (Å²) in [4.78, 5) is 67.7. The van der Waals surface area contributed by atoms with Crippen LogP contribution >= 0.6 is 63.1 Å². The van der Waals surface area contributed by atoms with E-state index in [0.29, 0.717) is 24.3 Å². The fraction of sp³-hybridized carbons (Fsp3) is 0.769. The van der Waals surface area contributed by atoms with Crippen molar-refractivity contribution in [1.29, 1.82) is 0 Å². The van der Waals surface area contributed by atoms with E-state index in [2.05, 4.69) is 63.1 Å². The number of ether oxygens (including phenoxy) is 6. The molecule has 0 bridgehead atoms. The van der Waals surface area contributed by atoms with Crippen LogP contribution in [-0.4, -0.2) is 104 Å². The SMILES string of the molecule is CCC(COC(=O)CS)(COC(=O)CS)COC(=O)CS.CCC(COC(C)=O)(COC(=O)CCS)COC(=O)CCS. The minimum Gasteiger partial charge on any atom is -0.465 e. The Morgan fingerprint density at radius 2 is 0.721 bits per heavy atom. The van der Waals surface area contributed by atoms with E-state index in [4.69, 9.17) is 28.4 Å². The number of hydrogen-bond acceptors (Lipinski definition) is 17. The maximum atomic E-state index is 11.5. The van der Waals surface area contributed by atoms with Gasteiger partial charge < -0.3 is 28.4 Å². The third-order valence-corrected chi connectivity index (χ3v) is 7.02. The molecule has 0 aliphatic rings. The standard InChI is InChI=1S/C14H24O6S2.C12H20O6S3/c1-3-14(8-18-11(2)15,9-19-12(16)4-6-21)10-20-13(17)5-7-22;1-2-12(6-16-9(13)3-19,7-17-10(14)4-20)8-18-11(15)5-21/h21-22H,3-10H2,1-2H3;19-21H,2-8H2,1H3. The van der Waals surface area contributed by atoms with Crippen LogP contribution in [0.2, 0.25) is 0 Å². The van der Waals surface area contributed by atoms with Gasteiger partial charge in [0.2, 0.25) is 0 Å². The normalized spacial score (nSPS) is 10.9. The highest BCUT2D eigenvalue weighted by atomic mass is 32.1. The van der Waals surface area contributed by atoms with Gasteiger partial charge in [-0.3, -0.25) is 28.8 Å². The first-order chi connectivity index (χ1) is 20.3. The van der Waals surface area contributed by atoms with Crippen molar-refractivity contribution in [2.75, 3.05) is 68.4 Å². The van der Waals surface area contributed by atoms with Crippen LogP contribution < -0.4 is 0 Å². The summed E-state index contributed by atoms with van der Waals surface area (Å²) in [6.45, 7) is 4.88. The quantitative estimate of drug-likeness (QED) is 0.0676. The molecule has 0 radical (unpaired) electrons. The highest BCUT2D eigenvalue weighted by Gasteiger charge is 2.35. The van der Waals surface area contributed by atoms with Crippen molar-refractivity contribution in [3.05, 3.63) is 0 Å². The highest BCUT2D eigenvalue weighted by Crippen LogP contribution is 2.26. The molecule has 43 heavy (non-hydrogen) atoms. The summed E-state index contributed by atoms with van der Waals surface area (Å²) in [6, 6.07) is 0. The molecular weight excluding hydrogens is 665 g/mol. The zero-order chi connectivity index (χ0) is 33.3. The summed E-state index contributed by atoms with van der Waals surface area (Å²) < 4.78 is 30.5. The maximum absolute atomic E-state index is 11.5. The van der Waals surface area contributed by atoms with Gasteiger partial charge in [-0.1, -0.05) is 13.8 Å². The first-order valence-electron chi connectivity index (χ1n) is 13.3. The number of carbonyl (C=O) groups excluding carboxylic acids is 6. The fourth-order valence-electron chi connectivity index (χ4n) is 2.75. The third-order valence-electron chi connectivity index (χ3n) is 5.80. The Labute approximate surface area is 280 Å². The summed E-state index contributed by atoms with van der Waals surface area (Å²) >= 11 is 19.3. The fourth-order valence-corrected chi connectivity index (χ4v) is 3.39. The molecule has 17 heteroatoms. The van der Waals surface area contributed by atoms with E-state index in [9.17, 15) is 28.8 Å². The molecular formula is C26H44O12S5. The van der Waals surface area contributed by atoms with Crippen molar-refractivity contribution in [3.8, 4) is 0 Å². The average Bonchev–Trinajstić information content (AvgIpc) is 3.00. The summed E-state index contributed by atoms with van der Waals surface area (Å²) in [5.74, 6) is -2.15. The van der Waals surface area contributed by atoms with Gasteiger partial charge in [-0.25, -0.2) is 0 Å². The zero-order valence-electron chi connectivity index (χ0n) is 24.7. The Balaban J connectivity index is 0. The molecule has 0 rings (SSSR count). The molecule has 0 heterocycles. The van der Waals surface area contributed by atoms with Gasteiger partial charge in [-0.15, -0.1) is 0 Å². The van der Waals surface area contributed by atoms with E-state index in [1.165, 1.54) is 6.92 Å².